The summed E-state index contributed by atoms with van der Waals surface area (Å²) >= 11 is 0. The summed E-state index contributed by atoms with van der Waals surface area (Å²) < 4.78 is 10.6. The van der Waals surface area contributed by atoms with Crippen LogP contribution >= 0.6 is 0 Å². The Morgan fingerprint density at radius 3 is 2.30 bits per heavy atom. The fourth-order valence-electron chi connectivity index (χ4n) is 2.20. The van der Waals surface area contributed by atoms with Crippen LogP contribution in [0.5, 0.6) is 11.5 Å². The first-order valence-corrected chi connectivity index (χ1v) is 6.43. The van der Waals surface area contributed by atoms with Gasteiger partial charge in [0.25, 0.3) is 0 Å². The highest BCUT2D eigenvalue weighted by molar-refractivity contribution is 5.45. The minimum atomic E-state index is 0.434. The van der Waals surface area contributed by atoms with Gasteiger partial charge < -0.3 is 9.47 Å². The molecule has 20 heavy (non-hydrogen) atoms. The molecule has 0 saturated carbocycles. The molecular weight excluding hydrogens is 250 g/mol. The second-order valence-corrected chi connectivity index (χ2v) is 4.47. The Morgan fingerprint density at radius 2 is 1.65 bits per heavy atom. The van der Waals surface area contributed by atoms with Crippen LogP contribution in [0.25, 0.3) is 0 Å². The van der Waals surface area contributed by atoms with Crippen LogP contribution in [0.2, 0.25) is 0 Å². The molecule has 0 unspecified atom stereocenters. The van der Waals surface area contributed by atoms with Crippen molar-refractivity contribution < 1.29 is 9.47 Å². The number of ether oxygens (including phenoxy) is 2. The van der Waals surface area contributed by atoms with E-state index in [1.165, 1.54) is 5.56 Å². The molecule has 2 rings (SSSR count). The van der Waals surface area contributed by atoms with Gasteiger partial charge >= 0.3 is 0 Å². The van der Waals surface area contributed by atoms with E-state index in [-0.39, 0.29) is 0 Å². The SMILES string of the molecule is COc1ccc(Cc2ccccc2CC#N)cc1OC. The van der Waals surface area contributed by atoms with Crippen LogP contribution < -0.4 is 9.47 Å². The first-order valence-electron chi connectivity index (χ1n) is 6.43. The lowest BCUT2D eigenvalue weighted by Crippen LogP contribution is -1.97. The van der Waals surface area contributed by atoms with Crippen LogP contribution in [0.1, 0.15) is 16.7 Å². The summed E-state index contributed by atoms with van der Waals surface area (Å²) in [5.41, 5.74) is 3.37. The molecule has 0 radical (unpaired) electrons. The Kier molecular flexibility index (Phi) is 4.62. The Hall–Kier alpha value is -2.47. The minimum Gasteiger partial charge on any atom is -0.493 e. The van der Waals surface area contributed by atoms with Gasteiger partial charge in [0.05, 0.1) is 26.7 Å². The largest absolute Gasteiger partial charge is 0.493 e. The first-order chi connectivity index (χ1) is 9.78. The lowest BCUT2D eigenvalue weighted by Gasteiger charge is -2.11. The normalized spacial score (nSPS) is 9.85. The van der Waals surface area contributed by atoms with E-state index in [0.717, 1.165) is 29.0 Å². The van der Waals surface area contributed by atoms with Gasteiger partial charge in [-0.05, 0) is 35.2 Å². The molecule has 0 fully saturated rings. The van der Waals surface area contributed by atoms with Gasteiger partial charge in [-0.25, -0.2) is 0 Å². The molecule has 2 aromatic carbocycles. The van der Waals surface area contributed by atoms with Gasteiger partial charge in [0.15, 0.2) is 11.5 Å². The molecule has 0 N–H and O–H groups in total. The maximum Gasteiger partial charge on any atom is 0.160 e. The standard InChI is InChI=1S/C17H17NO2/c1-19-16-8-7-13(12-17(16)20-2)11-15-6-4-3-5-14(15)9-10-18/h3-8,12H,9,11H2,1-2H3. The monoisotopic (exact) mass is 267 g/mol. The summed E-state index contributed by atoms with van der Waals surface area (Å²) in [4.78, 5) is 0. The number of nitriles is 1. The van der Waals surface area contributed by atoms with E-state index >= 15 is 0 Å². The van der Waals surface area contributed by atoms with Crippen LogP contribution in [0.15, 0.2) is 42.5 Å². The summed E-state index contributed by atoms with van der Waals surface area (Å²) in [6.45, 7) is 0. The number of benzene rings is 2. The zero-order valence-corrected chi connectivity index (χ0v) is 11.7. The lowest BCUT2D eigenvalue weighted by molar-refractivity contribution is 0.354. The van der Waals surface area contributed by atoms with Crippen molar-refractivity contribution >= 4 is 0 Å². The van der Waals surface area contributed by atoms with Crippen molar-refractivity contribution in [2.45, 2.75) is 12.8 Å². The van der Waals surface area contributed by atoms with Gasteiger partial charge in [-0.3, -0.25) is 0 Å². The Labute approximate surface area is 119 Å². The highest BCUT2D eigenvalue weighted by Crippen LogP contribution is 2.28. The third kappa shape index (κ3) is 3.10. The summed E-state index contributed by atoms with van der Waals surface area (Å²) in [7, 11) is 3.25. The van der Waals surface area contributed by atoms with Crippen LogP contribution in [-0.2, 0) is 12.8 Å². The number of methoxy groups -OCH3 is 2. The third-order valence-corrected chi connectivity index (χ3v) is 3.23. The van der Waals surface area contributed by atoms with Crippen molar-refractivity contribution in [3.05, 3.63) is 59.2 Å². The smallest absolute Gasteiger partial charge is 0.160 e. The molecule has 2 aromatic rings. The van der Waals surface area contributed by atoms with E-state index in [9.17, 15) is 0 Å². The molecule has 0 aliphatic carbocycles. The average Bonchev–Trinajstić information content (AvgIpc) is 2.49. The van der Waals surface area contributed by atoms with Crippen molar-refractivity contribution in [3.63, 3.8) is 0 Å². The van der Waals surface area contributed by atoms with Gasteiger partial charge in [-0.15, -0.1) is 0 Å². The molecule has 0 aliphatic heterocycles. The van der Waals surface area contributed by atoms with Gasteiger partial charge in [-0.2, -0.15) is 5.26 Å². The van der Waals surface area contributed by atoms with Crippen LogP contribution in [0.3, 0.4) is 0 Å². The lowest BCUT2D eigenvalue weighted by atomic mass is 9.98. The molecule has 0 aromatic heterocycles. The molecule has 3 nitrogen and oxygen atoms in total. The Bertz CT molecular complexity index is 629. The molecule has 0 saturated heterocycles. The molecule has 3 heteroatoms. The number of rotatable bonds is 5. The summed E-state index contributed by atoms with van der Waals surface area (Å²) in [5, 5.41) is 8.87. The predicted octanol–water partition coefficient (Wildman–Crippen LogP) is 3.36. The molecule has 0 bridgehead atoms. The van der Waals surface area contributed by atoms with E-state index in [4.69, 9.17) is 14.7 Å². The molecule has 0 atom stereocenters. The maximum atomic E-state index is 8.87. The quantitative estimate of drug-likeness (QED) is 0.834. The zero-order chi connectivity index (χ0) is 14.4. The Balaban J connectivity index is 2.29. The van der Waals surface area contributed by atoms with E-state index < -0.39 is 0 Å². The van der Waals surface area contributed by atoms with E-state index in [1.807, 2.05) is 36.4 Å². The predicted molar refractivity (Wildman–Crippen MR) is 78.1 cm³/mol. The van der Waals surface area contributed by atoms with Gasteiger partial charge in [0.2, 0.25) is 0 Å². The first kappa shape index (κ1) is 14.0. The van der Waals surface area contributed by atoms with Gasteiger partial charge in [-0.1, -0.05) is 30.3 Å². The number of hydrogen-bond donors (Lipinski definition) is 0. The second-order valence-electron chi connectivity index (χ2n) is 4.47. The van der Waals surface area contributed by atoms with Crippen LogP contribution in [0.4, 0.5) is 0 Å². The molecule has 0 aliphatic rings. The average molecular weight is 267 g/mol. The summed E-state index contributed by atoms with van der Waals surface area (Å²) in [5.74, 6) is 1.45. The Morgan fingerprint density at radius 1 is 0.950 bits per heavy atom. The van der Waals surface area contributed by atoms with Gasteiger partial charge in [0, 0.05) is 0 Å². The minimum absolute atomic E-state index is 0.434. The topological polar surface area (TPSA) is 42.2 Å². The second kappa shape index (κ2) is 6.63. The highest BCUT2D eigenvalue weighted by atomic mass is 16.5. The van der Waals surface area contributed by atoms with Crippen molar-refractivity contribution in [2.24, 2.45) is 0 Å². The number of nitrogens with zero attached hydrogens (tertiary/aromatic N) is 1. The molecule has 102 valence electrons. The van der Waals surface area contributed by atoms with Crippen molar-refractivity contribution in [3.8, 4) is 17.6 Å². The maximum absolute atomic E-state index is 8.87. The molecule has 0 spiro atoms. The summed E-state index contributed by atoms with van der Waals surface area (Å²) in [6, 6.07) is 16.1. The third-order valence-electron chi connectivity index (χ3n) is 3.23. The zero-order valence-electron chi connectivity index (χ0n) is 11.7. The molecule has 0 heterocycles. The summed E-state index contributed by atoms with van der Waals surface area (Å²) in [6.07, 6.45) is 1.21. The van der Waals surface area contributed by atoms with Crippen LogP contribution in [-0.4, -0.2) is 14.2 Å². The molecular formula is C17H17NO2. The fourth-order valence-corrected chi connectivity index (χ4v) is 2.20. The van der Waals surface area contributed by atoms with E-state index in [2.05, 4.69) is 12.1 Å². The van der Waals surface area contributed by atoms with E-state index in [0.29, 0.717) is 6.42 Å². The van der Waals surface area contributed by atoms with Gasteiger partial charge in [0.1, 0.15) is 0 Å². The molecule has 0 amide bonds. The van der Waals surface area contributed by atoms with Crippen molar-refractivity contribution in [1.82, 2.24) is 0 Å². The van der Waals surface area contributed by atoms with E-state index in [1.54, 1.807) is 14.2 Å². The van der Waals surface area contributed by atoms with Crippen molar-refractivity contribution in [1.29, 1.82) is 5.26 Å². The van der Waals surface area contributed by atoms with Crippen LogP contribution in [0, 0.1) is 11.3 Å². The highest BCUT2D eigenvalue weighted by Gasteiger charge is 2.07. The number of hydrogen-bond acceptors (Lipinski definition) is 3. The fraction of sp³-hybridized carbons (Fsp3) is 0.235. The van der Waals surface area contributed by atoms with Crippen molar-refractivity contribution in [2.75, 3.05) is 14.2 Å².